The van der Waals surface area contributed by atoms with Gasteiger partial charge in [0.25, 0.3) is 0 Å². The van der Waals surface area contributed by atoms with E-state index in [1.807, 2.05) is 6.07 Å². The summed E-state index contributed by atoms with van der Waals surface area (Å²) in [4.78, 5) is 3.67. The van der Waals surface area contributed by atoms with Gasteiger partial charge in [-0.3, -0.25) is 4.98 Å². The van der Waals surface area contributed by atoms with Gasteiger partial charge in [0.15, 0.2) is 11.5 Å². The Balaban J connectivity index is 2.44. The van der Waals surface area contributed by atoms with Crippen LogP contribution in [0.1, 0.15) is 16.8 Å². The number of alkyl halides is 3. The first-order chi connectivity index (χ1) is 11.3. The van der Waals surface area contributed by atoms with Gasteiger partial charge < -0.3 is 9.84 Å². The molecule has 0 aliphatic heterocycles. The number of rotatable bonds is 3. The van der Waals surface area contributed by atoms with Gasteiger partial charge in [0.05, 0.1) is 29.0 Å². The number of aromatic hydroxyl groups is 1. The number of halogens is 4. The van der Waals surface area contributed by atoms with Crippen molar-refractivity contribution in [2.24, 2.45) is 0 Å². The van der Waals surface area contributed by atoms with Crippen LogP contribution in [-0.4, -0.2) is 17.2 Å². The molecule has 24 heavy (non-hydrogen) atoms. The molecule has 0 spiro atoms. The molecule has 124 valence electrons. The Morgan fingerprint density at radius 1 is 1.38 bits per heavy atom. The number of pyridine rings is 1. The molecule has 8 heteroatoms. The molecule has 1 N–H and O–H groups in total. The minimum absolute atomic E-state index is 0.0123. The molecule has 0 amide bonds. The largest absolute Gasteiger partial charge is 0.503 e. The lowest BCUT2D eigenvalue weighted by Gasteiger charge is -2.08. The number of phenols is 1. The van der Waals surface area contributed by atoms with Crippen molar-refractivity contribution in [2.45, 2.75) is 6.18 Å². The molecule has 0 atom stereocenters. The van der Waals surface area contributed by atoms with Gasteiger partial charge in [0.1, 0.15) is 6.07 Å². The molecule has 0 aliphatic carbocycles. The van der Waals surface area contributed by atoms with Gasteiger partial charge in [-0.1, -0.05) is 11.6 Å². The summed E-state index contributed by atoms with van der Waals surface area (Å²) >= 11 is 5.86. The van der Waals surface area contributed by atoms with Crippen molar-refractivity contribution >= 4 is 23.3 Å². The van der Waals surface area contributed by atoms with Crippen molar-refractivity contribution in [3.8, 4) is 17.6 Å². The Kier molecular flexibility index (Phi) is 5.00. The second-order valence-corrected chi connectivity index (χ2v) is 5.06. The van der Waals surface area contributed by atoms with Crippen LogP contribution in [-0.2, 0) is 6.18 Å². The van der Waals surface area contributed by atoms with Gasteiger partial charge in [-0.15, -0.1) is 0 Å². The standard InChI is InChI=1S/C16H10ClF3N2O2/c1-24-14-6-9(5-12(17)15(14)23)4-10(7-21)13-3-2-11(8-22-13)16(18,19)20/h2-6,8,23H,1H3/b10-4+. The molecule has 0 saturated heterocycles. The van der Waals surface area contributed by atoms with Crippen molar-refractivity contribution in [3.63, 3.8) is 0 Å². The van der Waals surface area contributed by atoms with Crippen molar-refractivity contribution in [2.75, 3.05) is 7.11 Å². The van der Waals surface area contributed by atoms with E-state index in [2.05, 4.69) is 4.98 Å². The number of aromatic nitrogens is 1. The summed E-state index contributed by atoms with van der Waals surface area (Å²) in [6, 6.07) is 6.64. The lowest BCUT2D eigenvalue weighted by molar-refractivity contribution is -0.137. The normalized spacial score (nSPS) is 11.9. The number of hydrogen-bond donors (Lipinski definition) is 1. The fraction of sp³-hybridized carbons (Fsp3) is 0.125. The third-order valence-corrected chi connectivity index (χ3v) is 3.36. The number of ether oxygens (including phenoxy) is 1. The van der Waals surface area contributed by atoms with Gasteiger partial charge >= 0.3 is 6.18 Å². The van der Waals surface area contributed by atoms with Crippen LogP contribution < -0.4 is 4.74 Å². The molecule has 1 heterocycles. The van der Waals surface area contributed by atoms with E-state index in [1.54, 1.807) is 0 Å². The summed E-state index contributed by atoms with van der Waals surface area (Å²) in [6.45, 7) is 0. The Hall–Kier alpha value is -2.72. The van der Waals surface area contributed by atoms with Crippen LogP contribution >= 0.6 is 11.6 Å². The van der Waals surface area contributed by atoms with E-state index in [1.165, 1.54) is 25.3 Å². The number of nitriles is 1. The predicted octanol–water partition coefficient (Wildman–Crippen LogP) is 4.53. The molecule has 0 unspecified atom stereocenters. The van der Waals surface area contributed by atoms with Gasteiger partial charge in [-0.05, 0) is 35.9 Å². The molecule has 4 nitrogen and oxygen atoms in total. The van der Waals surface area contributed by atoms with E-state index in [4.69, 9.17) is 16.3 Å². The highest BCUT2D eigenvalue weighted by molar-refractivity contribution is 6.32. The van der Waals surface area contributed by atoms with Crippen LogP contribution in [0, 0.1) is 11.3 Å². The summed E-state index contributed by atoms with van der Waals surface area (Å²) in [5.41, 5.74) is -0.369. The highest BCUT2D eigenvalue weighted by Gasteiger charge is 2.30. The second kappa shape index (κ2) is 6.81. The number of hydrogen-bond acceptors (Lipinski definition) is 4. The molecule has 0 bridgehead atoms. The lowest BCUT2D eigenvalue weighted by atomic mass is 10.1. The maximum atomic E-state index is 12.5. The van der Waals surface area contributed by atoms with E-state index in [0.29, 0.717) is 11.8 Å². The Labute approximate surface area is 140 Å². The molecule has 0 radical (unpaired) electrons. The first kappa shape index (κ1) is 17.6. The van der Waals surface area contributed by atoms with Crippen molar-refractivity contribution < 1.29 is 23.0 Å². The zero-order valence-electron chi connectivity index (χ0n) is 12.2. The van der Waals surface area contributed by atoms with Gasteiger partial charge in [-0.2, -0.15) is 18.4 Å². The fourth-order valence-corrected chi connectivity index (χ4v) is 2.10. The van der Waals surface area contributed by atoms with Crippen LogP contribution in [0.5, 0.6) is 11.5 Å². The van der Waals surface area contributed by atoms with E-state index < -0.39 is 11.7 Å². The van der Waals surface area contributed by atoms with Gasteiger partial charge in [0.2, 0.25) is 0 Å². The van der Waals surface area contributed by atoms with Crippen LogP contribution in [0.3, 0.4) is 0 Å². The molecular weight excluding hydrogens is 345 g/mol. The number of methoxy groups -OCH3 is 1. The average Bonchev–Trinajstić information content (AvgIpc) is 2.55. The summed E-state index contributed by atoms with van der Waals surface area (Å²) in [6.07, 6.45) is -2.46. The number of allylic oxidation sites excluding steroid dienone is 1. The molecule has 1 aromatic carbocycles. The number of benzene rings is 1. The van der Waals surface area contributed by atoms with Crippen molar-refractivity contribution in [1.82, 2.24) is 4.98 Å². The SMILES string of the molecule is COc1cc(/C=C(\C#N)c2ccc(C(F)(F)F)cn2)cc(Cl)c1O. The molecule has 1 aromatic heterocycles. The van der Waals surface area contributed by atoms with Crippen LogP contribution in [0.15, 0.2) is 30.5 Å². The third-order valence-electron chi connectivity index (χ3n) is 3.07. The minimum atomic E-state index is -4.50. The van der Waals surface area contributed by atoms with E-state index in [9.17, 15) is 23.5 Å². The van der Waals surface area contributed by atoms with Gasteiger partial charge in [0, 0.05) is 6.20 Å². The smallest absolute Gasteiger partial charge is 0.417 e. The summed E-state index contributed by atoms with van der Waals surface area (Å²) < 4.78 is 42.6. The number of nitrogens with zero attached hydrogens (tertiary/aromatic N) is 2. The molecule has 0 saturated carbocycles. The second-order valence-electron chi connectivity index (χ2n) is 4.65. The first-order valence-electron chi connectivity index (χ1n) is 6.48. The minimum Gasteiger partial charge on any atom is -0.503 e. The first-order valence-corrected chi connectivity index (χ1v) is 6.86. The molecule has 2 aromatic rings. The average molecular weight is 355 g/mol. The zero-order valence-corrected chi connectivity index (χ0v) is 13.0. The van der Waals surface area contributed by atoms with Gasteiger partial charge in [-0.25, -0.2) is 0 Å². The summed E-state index contributed by atoms with van der Waals surface area (Å²) in [5, 5.41) is 18.9. The monoisotopic (exact) mass is 354 g/mol. The van der Waals surface area contributed by atoms with Crippen LogP contribution in [0.4, 0.5) is 13.2 Å². The van der Waals surface area contributed by atoms with E-state index >= 15 is 0 Å². The van der Waals surface area contributed by atoms with Crippen LogP contribution in [0.2, 0.25) is 5.02 Å². The molecular formula is C16H10ClF3N2O2. The maximum absolute atomic E-state index is 12.5. The van der Waals surface area contributed by atoms with E-state index in [-0.39, 0.29) is 27.8 Å². The predicted molar refractivity (Wildman–Crippen MR) is 82.4 cm³/mol. The lowest BCUT2D eigenvalue weighted by Crippen LogP contribution is -2.05. The van der Waals surface area contributed by atoms with Crippen molar-refractivity contribution in [3.05, 3.63) is 52.3 Å². The Morgan fingerprint density at radius 2 is 2.08 bits per heavy atom. The topological polar surface area (TPSA) is 66.1 Å². The quantitative estimate of drug-likeness (QED) is 0.822. The molecule has 2 rings (SSSR count). The summed E-state index contributed by atoms with van der Waals surface area (Å²) in [5.74, 6) is -0.145. The Bertz CT molecular complexity index is 825. The molecule has 0 aliphatic rings. The fourth-order valence-electron chi connectivity index (χ4n) is 1.88. The molecule has 0 fully saturated rings. The van der Waals surface area contributed by atoms with Crippen LogP contribution in [0.25, 0.3) is 11.6 Å². The van der Waals surface area contributed by atoms with E-state index in [0.717, 1.165) is 12.1 Å². The maximum Gasteiger partial charge on any atom is 0.417 e. The third kappa shape index (κ3) is 3.78. The highest BCUT2D eigenvalue weighted by Crippen LogP contribution is 2.36. The highest BCUT2D eigenvalue weighted by atomic mass is 35.5. The van der Waals surface area contributed by atoms with Crippen molar-refractivity contribution in [1.29, 1.82) is 5.26 Å². The number of phenolic OH excluding ortho intramolecular Hbond substituents is 1. The Morgan fingerprint density at radius 3 is 2.58 bits per heavy atom. The summed E-state index contributed by atoms with van der Waals surface area (Å²) in [7, 11) is 1.33. The zero-order chi connectivity index (χ0) is 17.9.